The number of carbonyl (C=O) groups is 1. The Kier molecular flexibility index (Phi) is 7.27. The van der Waals surface area contributed by atoms with Gasteiger partial charge in [-0.2, -0.15) is 0 Å². The van der Waals surface area contributed by atoms with Crippen molar-refractivity contribution in [2.75, 3.05) is 0 Å². The van der Waals surface area contributed by atoms with Crippen LogP contribution in [0.2, 0.25) is 0 Å². The van der Waals surface area contributed by atoms with Crippen molar-refractivity contribution in [2.45, 2.75) is 13.1 Å². The van der Waals surface area contributed by atoms with Crippen molar-refractivity contribution in [1.82, 2.24) is 9.97 Å². The first-order valence-electron chi connectivity index (χ1n) is 13.2. The maximum absolute atomic E-state index is 13.1. The molecule has 6 rings (SSSR count). The Morgan fingerprint density at radius 3 is 1.12 bits per heavy atom. The Morgan fingerprint density at radius 2 is 0.775 bits per heavy atom. The minimum atomic E-state index is 0.0295. The van der Waals surface area contributed by atoms with Crippen LogP contribution in [0, 0.1) is 0 Å². The largest absolute Gasteiger partial charge is 0.289 e. The van der Waals surface area contributed by atoms with Crippen LogP contribution in [0.3, 0.4) is 0 Å². The summed E-state index contributed by atoms with van der Waals surface area (Å²) in [6, 6.07) is 32.2. The second kappa shape index (κ2) is 11.6. The molecule has 5 heteroatoms. The van der Waals surface area contributed by atoms with E-state index in [0.29, 0.717) is 11.1 Å². The van der Waals surface area contributed by atoms with Crippen LogP contribution >= 0.6 is 0 Å². The van der Waals surface area contributed by atoms with Gasteiger partial charge in [0, 0.05) is 71.3 Å². The van der Waals surface area contributed by atoms with Crippen molar-refractivity contribution in [3.8, 4) is 22.3 Å². The average Bonchev–Trinajstić information content (AvgIpc) is 3.03. The molecule has 2 aromatic carbocycles. The van der Waals surface area contributed by atoms with Gasteiger partial charge in [-0.25, -0.2) is 9.13 Å². The van der Waals surface area contributed by atoms with Gasteiger partial charge in [-0.3, -0.25) is 14.8 Å². The molecule has 0 radical (unpaired) electrons. The van der Waals surface area contributed by atoms with Gasteiger partial charge in [-0.1, -0.05) is 48.5 Å². The van der Waals surface area contributed by atoms with Crippen LogP contribution in [-0.4, -0.2) is 15.8 Å². The quantitative estimate of drug-likeness (QED) is 0.191. The molecular weight excluding hydrogens is 492 g/mol. The number of carbonyl (C=O) groups excluding carboxylic acids is 1. The average molecular weight is 521 g/mol. The molecule has 0 fully saturated rings. The van der Waals surface area contributed by atoms with E-state index in [0.717, 1.165) is 46.5 Å². The van der Waals surface area contributed by atoms with Crippen LogP contribution in [0.25, 0.3) is 22.3 Å². The SMILES string of the molecule is O=C(c1ccc(C[n+]2ccc(-c3ccncc3)cc2)cc1)c1ccc(C[n+]2ccc(-c3ccncc3)cc2)cc1. The number of hydrogen-bond acceptors (Lipinski definition) is 3. The molecule has 0 saturated carbocycles. The van der Waals surface area contributed by atoms with Gasteiger partial charge in [0.05, 0.1) is 0 Å². The summed E-state index contributed by atoms with van der Waals surface area (Å²) in [7, 11) is 0. The summed E-state index contributed by atoms with van der Waals surface area (Å²) >= 11 is 0. The zero-order chi connectivity index (χ0) is 27.1. The Morgan fingerprint density at radius 1 is 0.450 bits per heavy atom. The summed E-state index contributed by atoms with van der Waals surface area (Å²) in [6.45, 7) is 1.47. The molecule has 0 aliphatic heterocycles. The zero-order valence-electron chi connectivity index (χ0n) is 22.0. The van der Waals surface area contributed by atoms with Crippen molar-refractivity contribution >= 4 is 5.78 Å². The maximum atomic E-state index is 13.1. The van der Waals surface area contributed by atoms with Crippen LogP contribution in [0.4, 0.5) is 0 Å². The highest BCUT2D eigenvalue weighted by Gasteiger charge is 2.12. The van der Waals surface area contributed by atoms with Crippen molar-refractivity contribution in [3.05, 3.63) is 169 Å². The number of rotatable bonds is 8. The van der Waals surface area contributed by atoms with Crippen molar-refractivity contribution in [3.63, 3.8) is 0 Å². The van der Waals surface area contributed by atoms with Gasteiger partial charge in [0.2, 0.25) is 0 Å². The lowest BCUT2D eigenvalue weighted by Gasteiger charge is -2.05. The number of nitrogens with zero attached hydrogens (tertiary/aromatic N) is 4. The summed E-state index contributed by atoms with van der Waals surface area (Å²) < 4.78 is 4.26. The van der Waals surface area contributed by atoms with E-state index in [1.165, 1.54) is 0 Å². The molecule has 0 spiro atoms. The van der Waals surface area contributed by atoms with Crippen LogP contribution < -0.4 is 9.13 Å². The van der Waals surface area contributed by atoms with Gasteiger partial charge in [0.15, 0.2) is 43.7 Å². The molecule has 6 aromatic rings. The third-order valence-corrected chi connectivity index (χ3v) is 6.97. The molecule has 0 saturated heterocycles. The van der Waals surface area contributed by atoms with Gasteiger partial charge < -0.3 is 0 Å². The van der Waals surface area contributed by atoms with E-state index in [2.05, 4.69) is 68.2 Å². The summed E-state index contributed by atoms with van der Waals surface area (Å²) in [5, 5.41) is 0. The van der Waals surface area contributed by atoms with Crippen LogP contribution in [0.5, 0.6) is 0 Å². The molecule has 5 nitrogen and oxygen atoms in total. The van der Waals surface area contributed by atoms with E-state index in [9.17, 15) is 4.79 Å². The summed E-state index contributed by atoms with van der Waals surface area (Å²) in [5.41, 5.74) is 8.26. The topological polar surface area (TPSA) is 50.6 Å². The van der Waals surface area contributed by atoms with Crippen molar-refractivity contribution in [1.29, 1.82) is 0 Å². The Bertz CT molecular complexity index is 1570. The Hall–Kier alpha value is -5.29. The molecule has 192 valence electrons. The predicted molar refractivity (Wildman–Crippen MR) is 154 cm³/mol. The second-order valence-electron chi connectivity index (χ2n) is 9.71. The molecule has 4 heterocycles. The van der Waals surface area contributed by atoms with Crippen molar-refractivity contribution in [2.24, 2.45) is 0 Å². The number of hydrogen-bond donors (Lipinski definition) is 0. The lowest BCUT2D eigenvalue weighted by molar-refractivity contribution is -0.688. The third kappa shape index (κ3) is 5.89. The van der Waals surface area contributed by atoms with E-state index in [-0.39, 0.29) is 5.78 Å². The number of benzene rings is 2. The minimum absolute atomic E-state index is 0.0295. The van der Waals surface area contributed by atoms with E-state index in [1.54, 1.807) is 24.8 Å². The summed E-state index contributed by atoms with van der Waals surface area (Å²) in [4.78, 5) is 21.3. The summed E-state index contributed by atoms with van der Waals surface area (Å²) in [5.74, 6) is 0.0295. The normalized spacial score (nSPS) is 10.8. The molecule has 0 bridgehead atoms. The van der Waals surface area contributed by atoms with Crippen molar-refractivity contribution < 1.29 is 13.9 Å². The molecule has 0 amide bonds. The maximum Gasteiger partial charge on any atom is 0.193 e. The van der Waals surface area contributed by atoms with Crippen LogP contribution in [0.15, 0.2) is 147 Å². The van der Waals surface area contributed by atoms with Gasteiger partial charge >= 0.3 is 0 Å². The monoisotopic (exact) mass is 520 g/mol. The molecule has 40 heavy (non-hydrogen) atoms. The molecule has 0 unspecified atom stereocenters. The zero-order valence-corrected chi connectivity index (χ0v) is 22.0. The molecule has 4 aromatic heterocycles. The number of ketones is 1. The fraction of sp³-hybridized carbons (Fsp3) is 0.0571. The first-order valence-corrected chi connectivity index (χ1v) is 13.2. The Labute approximate surface area is 233 Å². The second-order valence-corrected chi connectivity index (χ2v) is 9.71. The van der Waals surface area contributed by atoms with Gasteiger partial charge in [0.25, 0.3) is 0 Å². The van der Waals surface area contributed by atoms with E-state index >= 15 is 0 Å². The fourth-order valence-corrected chi connectivity index (χ4v) is 4.71. The number of pyridine rings is 4. The minimum Gasteiger partial charge on any atom is -0.289 e. The smallest absolute Gasteiger partial charge is 0.193 e. The van der Waals surface area contributed by atoms with E-state index < -0.39 is 0 Å². The molecular formula is C35H28N4O+2. The van der Waals surface area contributed by atoms with E-state index in [1.807, 2.05) is 72.8 Å². The van der Waals surface area contributed by atoms with E-state index in [4.69, 9.17) is 0 Å². The van der Waals surface area contributed by atoms with Gasteiger partial charge in [0.1, 0.15) is 0 Å². The highest BCUT2D eigenvalue weighted by atomic mass is 16.1. The lowest BCUT2D eigenvalue weighted by Crippen LogP contribution is -2.33. The molecule has 0 aliphatic rings. The fourth-order valence-electron chi connectivity index (χ4n) is 4.71. The highest BCUT2D eigenvalue weighted by molar-refractivity contribution is 6.09. The third-order valence-electron chi connectivity index (χ3n) is 6.97. The standard InChI is InChI=1S/C35H28N4O/c40-35(33-5-1-27(2-6-33)25-38-21-13-31(14-22-38)29-9-17-36-18-10-29)34-7-3-28(4-8-34)26-39-23-15-32(16-24-39)30-11-19-37-20-12-30/h1-24H,25-26H2/q+2. The first kappa shape index (κ1) is 25.0. The van der Waals surface area contributed by atoms with Crippen LogP contribution in [-0.2, 0) is 13.1 Å². The van der Waals surface area contributed by atoms with Gasteiger partial charge in [-0.15, -0.1) is 0 Å². The molecule has 0 aliphatic carbocycles. The predicted octanol–water partition coefficient (Wildman–Crippen LogP) is 5.71. The highest BCUT2D eigenvalue weighted by Crippen LogP contribution is 2.18. The van der Waals surface area contributed by atoms with Crippen LogP contribution in [0.1, 0.15) is 27.0 Å². The summed E-state index contributed by atoms with van der Waals surface area (Å²) in [6.07, 6.45) is 15.5. The molecule has 0 N–H and O–H groups in total. The lowest BCUT2D eigenvalue weighted by atomic mass is 10.0. The van der Waals surface area contributed by atoms with Gasteiger partial charge in [-0.05, 0) is 46.5 Å². The first-order chi connectivity index (χ1) is 19.7. The Balaban J connectivity index is 1.07. The molecule has 0 atom stereocenters. The number of aromatic nitrogens is 4.